The number of carbonyl (C=O) groups is 1. The number of aliphatic hydroxyl groups is 2. The van der Waals surface area contributed by atoms with E-state index in [0.29, 0.717) is 60.1 Å². The molecule has 6 saturated carbocycles. The number of fused-ring (bicyclic) bond motifs is 4. The molecule has 0 radical (unpaired) electrons. The first-order valence-electron chi connectivity index (χ1n) is 20.2. The van der Waals surface area contributed by atoms with E-state index in [9.17, 15) is 15.0 Å². The molecule has 2 saturated heterocycles. The zero-order valence-corrected chi connectivity index (χ0v) is 31.3. The van der Waals surface area contributed by atoms with E-state index >= 15 is 0 Å². The molecule has 7 heteroatoms. The summed E-state index contributed by atoms with van der Waals surface area (Å²) in [4.78, 5) is 15.4. The average Bonchev–Trinajstić information content (AvgIpc) is 3.64. The SMILES string of the molecule is C[C@@H]1CC([C@H](O)C(C)(C)O)OC2C[C@@]3(C)[C@@H]4CCC5C(C)(C)[C@@H](OC6CN(C(=O)C7CCCCC7)CCO6)CCC56C[C@@]46CC[C@]3(C)C21. The standard InChI is InChI=1S/C41H67NO6/c1-25-21-27(34(43)37(4,5)45)47-28-22-39(7)30-14-13-29-36(2,3)31(15-16-40(29)24-41(30,40)18-17-38(39,6)33(25)28)48-32-23-42(19-20-46-32)35(44)26-11-9-8-10-12-26/h25-34,43,45H,8-24H2,1-7H3/t25-,27?,28?,29?,30+,31+,32?,33?,34+,38-,39+,40?,41+/m1/s1. The van der Waals surface area contributed by atoms with Gasteiger partial charge in [-0.1, -0.05) is 53.9 Å². The summed E-state index contributed by atoms with van der Waals surface area (Å²) in [5.41, 5.74) is 0.210. The highest BCUT2D eigenvalue weighted by Crippen LogP contribution is 2.89. The van der Waals surface area contributed by atoms with E-state index in [2.05, 4.69) is 39.5 Å². The number of amides is 1. The molecule has 1 amide bonds. The molecule has 8 rings (SSSR count). The van der Waals surface area contributed by atoms with Crippen molar-refractivity contribution in [3.8, 4) is 0 Å². The summed E-state index contributed by atoms with van der Waals surface area (Å²) < 4.78 is 20.0. The highest BCUT2D eigenvalue weighted by molar-refractivity contribution is 5.79. The molecule has 8 aliphatic rings. The first-order chi connectivity index (χ1) is 22.6. The molecule has 7 nitrogen and oxygen atoms in total. The summed E-state index contributed by atoms with van der Waals surface area (Å²) in [7, 11) is 0. The van der Waals surface area contributed by atoms with Crippen molar-refractivity contribution in [3.05, 3.63) is 0 Å². The van der Waals surface area contributed by atoms with Crippen LogP contribution in [0.5, 0.6) is 0 Å². The van der Waals surface area contributed by atoms with Crippen LogP contribution in [0.15, 0.2) is 0 Å². The molecule has 0 bridgehead atoms. The first kappa shape index (κ1) is 34.4. The molecule has 8 fully saturated rings. The van der Waals surface area contributed by atoms with Gasteiger partial charge in [-0.3, -0.25) is 4.79 Å². The molecule has 2 heterocycles. The van der Waals surface area contributed by atoms with Gasteiger partial charge < -0.3 is 29.3 Å². The number of aliphatic hydroxyl groups excluding tert-OH is 1. The summed E-state index contributed by atoms with van der Waals surface area (Å²) in [5, 5.41) is 21.7. The van der Waals surface area contributed by atoms with Gasteiger partial charge in [0.05, 0.1) is 37.1 Å². The average molecular weight is 670 g/mol. The van der Waals surface area contributed by atoms with E-state index in [1.807, 2.05) is 0 Å². The van der Waals surface area contributed by atoms with Crippen molar-refractivity contribution >= 4 is 5.91 Å². The Hall–Kier alpha value is -0.730. The van der Waals surface area contributed by atoms with Crippen molar-refractivity contribution in [2.45, 2.75) is 175 Å². The monoisotopic (exact) mass is 669 g/mol. The number of hydrogen-bond donors (Lipinski definition) is 2. The maximum atomic E-state index is 13.4. The predicted molar refractivity (Wildman–Crippen MR) is 185 cm³/mol. The molecular weight excluding hydrogens is 602 g/mol. The largest absolute Gasteiger partial charge is 0.388 e. The lowest BCUT2D eigenvalue weighted by Gasteiger charge is -2.63. The third kappa shape index (κ3) is 4.78. The molecule has 6 aliphatic carbocycles. The third-order valence-corrected chi connectivity index (χ3v) is 17.3. The van der Waals surface area contributed by atoms with Crippen molar-refractivity contribution in [3.63, 3.8) is 0 Å². The Morgan fingerprint density at radius 2 is 1.65 bits per heavy atom. The molecule has 13 atom stereocenters. The Kier molecular flexibility index (Phi) is 8.15. The molecule has 0 aromatic heterocycles. The van der Waals surface area contributed by atoms with Crippen molar-refractivity contribution in [2.75, 3.05) is 19.7 Å². The summed E-state index contributed by atoms with van der Waals surface area (Å²) in [6, 6.07) is 0. The fourth-order valence-electron chi connectivity index (χ4n) is 14.9. The molecule has 6 unspecified atom stereocenters. The van der Waals surface area contributed by atoms with Crippen LogP contribution < -0.4 is 0 Å². The van der Waals surface area contributed by atoms with Crippen LogP contribution in [0.4, 0.5) is 0 Å². The molecule has 0 aromatic rings. The van der Waals surface area contributed by atoms with Crippen molar-refractivity contribution in [1.29, 1.82) is 0 Å². The second-order valence-electron chi connectivity index (χ2n) is 20.2. The lowest BCUT2D eigenvalue weighted by atomic mass is 9.41. The summed E-state index contributed by atoms with van der Waals surface area (Å²) in [6.45, 7) is 17.9. The summed E-state index contributed by atoms with van der Waals surface area (Å²) >= 11 is 0. The fourth-order valence-corrected chi connectivity index (χ4v) is 14.9. The van der Waals surface area contributed by atoms with Crippen LogP contribution in [0.2, 0.25) is 0 Å². The lowest BCUT2D eigenvalue weighted by molar-refractivity contribution is -0.247. The van der Waals surface area contributed by atoms with Crippen LogP contribution in [-0.2, 0) is 19.0 Å². The molecule has 2 N–H and O–H groups in total. The van der Waals surface area contributed by atoms with Crippen LogP contribution >= 0.6 is 0 Å². The maximum absolute atomic E-state index is 13.4. The number of hydrogen-bond acceptors (Lipinski definition) is 6. The van der Waals surface area contributed by atoms with E-state index in [4.69, 9.17) is 14.2 Å². The van der Waals surface area contributed by atoms with Gasteiger partial charge >= 0.3 is 0 Å². The van der Waals surface area contributed by atoms with E-state index in [0.717, 1.165) is 32.1 Å². The number of nitrogens with zero attached hydrogens (tertiary/aromatic N) is 1. The Balaban J connectivity index is 0.975. The van der Waals surface area contributed by atoms with Gasteiger partial charge in [0.25, 0.3) is 0 Å². The van der Waals surface area contributed by atoms with Gasteiger partial charge in [-0.05, 0) is 135 Å². The quantitative estimate of drug-likeness (QED) is 0.325. The Morgan fingerprint density at radius 3 is 2.38 bits per heavy atom. The molecule has 2 aliphatic heterocycles. The number of morpholine rings is 1. The van der Waals surface area contributed by atoms with Gasteiger partial charge in [-0.2, -0.15) is 0 Å². The second kappa shape index (κ2) is 11.4. The number of carbonyl (C=O) groups excluding carboxylic acids is 1. The minimum Gasteiger partial charge on any atom is -0.388 e. The van der Waals surface area contributed by atoms with E-state index in [1.165, 1.54) is 57.8 Å². The Morgan fingerprint density at radius 1 is 0.938 bits per heavy atom. The topological polar surface area (TPSA) is 88.5 Å². The molecule has 0 aromatic carbocycles. The molecule has 2 spiro atoms. The van der Waals surface area contributed by atoms with Gasteiger partial charge in [0.2, 0.25) is 5.91 Å². The molecule has 272 valence electrons. The van der Waals surface area contributed by atoms with E-state index in [1.54, 1.807) is 13.8 Å². The number of rotatable bonds is 5. The summed E-state index contributed by atoms with van der Waals surface area (Å²) in [5.74, 6) is 2.88. The van der Waals surface area contributed by atoms with Crippen LogP contribution in [0.25, 0.3) is 0 Å². The van der Waals surface area contributed by atoms with E-state index < -0.39 is 11.7 Å². The highest BCUT2D eigenvalue weighted by atomic mass is 16.7. The van der Waals surface area contributed by atoms with Gasteiger partial charge in [-0.25, -0.2) is 0 Å². The number of ether oxygens (including phenoxy) is 3. The highest BCUT2D eigenvalue weighted by Gasteiger charge is 2.83. The Bertz CT molecular complexity index is 1260. The zero-order valence-electron chi connectivity index (χ0n) is 31.3. The normalized spacial score (nSPS) is 50.7. The van der Waals surface area contributed by atoms with Crippen molar-refractivity contribution in [2.24, 2.45) is 56.7 Å². The van der Waals surface area contributed by atoms with E-state index in [-0.39, 0.29) is 46.8 Å². The lowest BCUT2D eigenvalue weighted by Crippen LogP contribution is -2.59. The molecular formula is C41H67NO6. The fraction of sp³-hybridized carbons (Fsp3) is 0.976. The van der Waals surface area contributed by atoms with Crippen LogP contribution in [0, 0.1) is 56.7 Å². The second-order valence-corrected chi connectivity index (χ2v) is 20.2. The van der Waals surface area contributed by atoms with Gasteiger partial charge in [-0.15, -0.1) is 0 Å². The van der Waals surface area contributed by atoms with Crippen LogP contribution in [0.3, 0.4) is 0 Å². The predicted octanol–water partition coefficient (Wildman–Crippen LogP) is 7.11. The van der Waals surface area contributed by atoms with Crippen LogP contribution in [0.1, 0.15) is 138 Å². The Labute approximate surface area is 290 Å². The minimum atomic E-state index is -1.16. The van der Waals surface area contributed by atoms with Gasteiger partial charge in [0, 0.05) is 12.5 Å². The first-order valence-corrected chi connectivity index (χ1v) is 20.2. The molecule has 48 heavy (non-hydrogen) atoms. The van der Waals surface area contributed by atoms with Gasteiger partial charge in [0.1, 0.15) is 6.10 Å². The summed E-state index contributed by atoms with van der Waals surface area (Å²) in [6.07, 6.45) is 15.4. The zero-order chi connectivity index (χ0) is 34.1. The smallest absolute Gasteiger partial charge is 0.225 e. The maximum Gasteiger partial charge on any atom is 0.225 e. The van der Waals surface area contributed by atoms with Crippen LogP contribution in [-0.4, -0.2) is 77.0 Å². The third-order valence-electron chi connectivity index (χ3n) is 17.3. The minimum absolute atomic E-state index is 0.0646. The van der Waals surface area contributed by atoms with Crippen molar-refractivity contribution < 1.29 is 29.2 Å². The van der Waals surface area contributed by atoms with Gasteiger partial charge in [0.15, 0.2) is 6.29 Å². The van der Waals surface area contributed by atoms with Crippen molar-refractivity contribution in [1.82, 2.24) is 4.90 Å².